The SMILES string of the molecule is COC1CCCC1NC(=O)CCC(C)O. The number of carbonyl (C=O) groups is 1. The van der Waals surface area contributed by atoms with Gasteiger partial charge in [-0.05, 0) is 32.6 Å². The number of hydrogen-bond acceptors (Lipinski definition) is 3. The van der Waals surface area contributed by atoms with Gasteiger partial charge in [0, 0.05) is 13.5 Å². The predicted molar refractivity (Wildman–Crippen MR) is 57.5 cm³/mol. The molecule has 0 aromatic carbocycles. The number of carbonyl (C=O) groups excluding carboxylic acids is 1. The van der Waals surface area contributed by atoms with Crippen LogP contribution in [0.4, 0.5) is 0 Å². The number of rotatable bonds is 5. The first-order chi connectivity index (χ1) is 7.13. The summed E-state index contributed by atoms with van der Waals surface area (Å²) in [5, 5.41) is 12.0. The molecule has 0 spiro atoms. The lowest BCUT2D eigenvalue weighted by atomic mass is 10.1. The summed E-state index contributed by atoms with van der Waals surface area (Å²) in [6.45, 7) is 1.70. The summed E-state index contributed by atoms with van der Waals surface area (Å²) < 4.78 is 5.29. The van der Waals surface area contributed by atoms with Gasteiger partial charge >= 0.3 is 0 Å². The van der Waals surface area contributed by atoms with E-state index in [1.165, 1.54) is 0 Å². The number of hydrogen-bond donors (Lipinski definition) is 2. The molecule has 3 atom stereocenters. The second-order valence-electron chi connectivity index (χ2n) is 4.27. The molecule has 1 rings (SSSR count). The Morgan fingerprint density at radius 2 is 2.33 bits per heavy atom. The Hall–Kier alpha value is -0.610. The van der Waals surface area contributed by atoms with Crippen molar-refractivity contribution < 1.29 is 14.6 Å². The highest BCUT2D eigenvalue weighted by molar-refractivity contribution is 5.76. The molecule has 4 heteroatoms. The van der Waals surface area contributed by atoms with Gasteiger partial charge in [0.05, 0.1) is 18.2 Å². The second-order valence-corrected chi connectivity index (χ2v) is 4.27. The molecule has 0 heterocycles. The highest BCUT2D eigenvalue weighted by atomic mass is 16.5. The van der Waals surface area contributed by atoms with Crippen LogP contribution in [-0.4, -0.2) is 36.4 Å². The molecule has 1 saturated carbocycles. The van der Waals surface area contributed by atoms with Crippen LogP contribution in [0.3, 0.4) is 0 Å². The lowest BCUT2D eigenvalue weighted by Crippen LogP contribution is -2.40. The Morgan fingerprint density at radius 1 is 1.60 bits per heavy atom. The summed E-state index contributed by atoms with van der Waals surface area (Å²) in [6.07, 6.45) is 3.82. The van der Waals surface area contributed by atoms with Crippen molar-refractivity contribution in [3.8, 4) is 0 Å². The van der Waals surface area contributed by atoms with E-state index in [2.05, 4.69) is 5.32 Å². The molecule has 0 aromatic rings. The Labute approximate surface area is 91.0 Å². The first-order valence-corrected chi connectivity index (χ1v) is 5.63. The Balaban J connectivity index is 2.24. The zero-order chi connectivity index (χ0) is 11.3. The van der Waals surface area contributed by atoms with Crippen LogP contribution in [0.1, 0.15) is 39.0 Å². The third-order valence-electron chi connectivity index (χ3n) is 2.89. The van der Waals surface area contributed by atoms with Crippen molar-refractivity contribution in [2.75, 3.05) is 7.11 Å². The number of methoxy groups -OCH3 is 1. The van der Waals surface area contributed by atoms with E-state index in [4.69, 9.17) is 9.84 Å². The summed E-state index contributed by atoms with van der Waals surface area (Å²) >= 11 is 0. The molecule has 1 fully saturated rings. The monoisotopic (exact) mass is 215 g/mol. The largest absolute Gasteiger partial charge is 0.393 e. The summed E-state index contributed by atoms with van der Waals surface area (Å²) in [6, 6.07) is 0.163. The molecule has 3 unspecified atom stereocenters. The smallest absolute Gasteiger partial charge is 0.220 e. The van der Waals surface area contributed by atoms with Crippen molar-refractivity contribution in [1.29, 1.82) is 0 Å². The maximum absolute atomic E-state index is 11.5. The van der Waals surface area contributed by atoms with E-state index >= 15 is 0 Å². The lowest BCUT2D eigenvalue weighted by Gasteiger charge is -2.19. The molecule has 88 valence electrons. The minimum atomic E-state index is -0.405. The van der Waals surface area contributed by atoms with Crippen molar-refractivity contribution in [3.63, 3.8) is 0 Å². The van der Waals surface area contributed by atoms with Crippen LogP contribution in [-0.2, 0) is 9.53 Å². The Bertz CT molecular complexity index is 206. The molecule has 1 amide bonds. The maximum Gasteiger partial charge on any atom is 0.220 e. The van der Waals surface area contributed by atoms with Crippen LogP contribution < -0.4 is 5.32 Å². The van der Waals surface area contributed by atoms with Crippen LogP contribution in [0.15, 0.2) is 0 Å². The van der Waals surface area contributed by atoms with E-state index in [1.807, 2.05) is 0 Å². The minimum absolute atomic E-state index is 0.0184. The first kappa shape index (κ1) is 12.5. The van der Waals surface area contributed by atoms with Crippen molar-refractivity contribution in [3.05, 3.63) is 0 Å². The quantitative estimate of drug-likeness (QED) is 0.714. The fraction of sp³-hybridized carbons (Fsp3) is 0.909. The number of aliphatic hydroxyl groups is 1. The van der Waals surface area contributed by atoms with E-state index in [-0.39, 0.29) is 18.1 Å². The van der Waals surface area contributed by atoms with Gasteiger partial charge in [-0.3, -0.25) is 4.79 Å². The molecular weight excluding hydrogens is 194 g/mol. The van der Waals surface area contributed by atoms with E-state index in [0.717, 1.165) is 19.3 Å². The number of aliphatic hydroxyl groups excluding tert-OH is 1. The van der Waals surface area contributed by atoms with Gasteiger partial charge in [0.1, 0.15) is 0 Å². The van der Waals surface area contributed by atoms with E-state index in [1.54, 1.807) is 14.0 Å². The minimum Gasteiger partial charge on any atom is -0.393 e. The zero-order valence-corrected chi connectivity index (χ0v) is 9.53. The molecule has 0 aliphatic heterocycles. The van der Waals surface area contributed by atoms with E-state index < -0.39 is 6.10 Å². The zero-order valence-electron chi connectivity index (χ0n) is 9.53. The van der Waals surface area contributed by atoms with Crippen LogP contribution >= 0.6 is 0 Å². The second kappa shape index (κ2) is 6.08. The van der Waals surface area contributed by atoms with Crippen LogP contribution in [0, 0.1) is 0 Å². The number of nitrogens with one attached hydrogen (secondary N) is 1. The van der Waals surface area contributed by atoms with Gasteiger partial charge < -0.3 is 15.2 Å². The molecule has 0 saturated heterocycles. The topological polar surface area (TPSA) is 58.6 Å². The summed E-state index contributed by atoms with van der Waals surface area (Å²) in [4.78, 5) is 11.5. The highest BCUT2D eigenvalue weighted by Crippen LogP contribution is 2.21. The maximum atomic E-state index is 11.5. The third-order valence-corrected chi connectivity index (χ3v) is 2.89. The van der Waals surface area contributed by atoms with Gasteiger partial charge in [0.25, 0.3) is 0 Å². The molecule has 1 aliphatic rings. The van der Waals surface area contributed by atoms with Crippen LogP contribution in [0.5, 0.6) is 0 Å². The molecule has 0 radical (unpaired) electrons. The molecular formula is C11H21NO3. The number of amides is 1. The Kier molecular flexibility index (Phi) is 5.05. The van der Waals surface area contributed by atoms with Gasteiger partial charge in [-0.1, -0.05) is 0 Å². The molecule has 0 aromatic heterocycles. The molecule has 0 bridgehead atoms. The summed E-state index contributed by atoms with van der Waals surface area (Å²) in [5.41, 5.74) is 0. The van der Waals surface area contributed by atoms with Crippen molar-refractivity contribution in [2.45, 2.75) is 57.3 Å². The van der Waals surface area contributed by atoms with Gasteiger partial charge in [-0.2, -0.15) is 0 Å². The van der Waals surface area contributed by atoms with Crippen LogP contribution in [0.2, 0.25) is 0 Å². The normalized spacial score (nSPS) is 27.7. The van der Waals surface area contributed by atoms with Crippen molar-refractivity contribution in [2.24, 2.45) is 0 Å². The first-order valence-electron chi connectivity index (χ1n) is 5.63. The average Bonchev–Trinajstić information content (AvgIpc) is 2.62. The van der Waals surface area contributed by atoms with Crippen LogP contribution in [0.25, 0.3) is 0 Å². The van der Waals surface area contributed by atoms with Crippen molar-refractivity contribution in [1.82, 2.24) is 5.32 Å². The molecule has 4 nitrogen and oxygen atoms in total. The average molecular weight is 215 g/mol. The van der Waals surface area contributed by atoms with Gasteiger partial charge in [0.2, 0.25) is 5.91 Å². The van der Waals surface area contributed by atoms with Crippen molar-refractivity contribution >= 4 is 5.91 Å². The third kappa shape index (κ3) is 4.18. The Morgan fingerprint density at radius 3 is 2.93 bits per heavy atom. The summed E-state index contributed by atoms with van der Waals surface area (Å²) in [7, 11) is 1.69. The van der Waals surface area contributed by atoms with Gasteiger partial charge in [-0.25, -0.2) is 0 Å². The summed E-state index contributed by atoms with van der Waals surface area (Å²) in [5.74, 6) is 0.0184. The lowest BCUT2D eigenvalue weighted by molar-refractivity contribution is -0.123. The predicted octanol–water partition coefficient (Wildman–Crippen LogP) is 0.831. The van der Waals surface area contributed by atoms with Gasteiger partial charge in [-0.15, -0.1) is 0 Å². The van der Waals surface area contributed by atoms with E-state index in [9.17, 15) is 4.79 Å². The molecule has 2 N–H and O–H groups in total. The molecule has 15 heavy (non-hydrogen) atoms. The highest BCUT2D eigenvalue weighted by Gasteiger charge is 2.28. The van der Waals surface area contributed by atoms with Gasteiger partial charge in [0.15, 0.2) is 0 Å². The fourth-order valence-electron chi connectivity index (χ4n) is 1.99. The standard InChI is InChI=1S/C11H21NO3/c1-8(13)6-7-11(14)12-9-4-3-5-10(9)15-2/h8-10,13H,3-7H2,1-2H3,(H,12,14). The molecule has 1 aliphatic carbocycles. The van der Waals surface area contributed by atoms with E-state index in [0.29, 0.717) is 12.8 Å². The number of ether oxygens (including phenoxy) is 1. The fourth-order valence-corrected chi connectivity index (χ4v) is 1.99.